The minimum Gasteiger partial charge on any atom is -0.489 e. The number of hydrogen-bond donors (Lipinski definition) is 1. The first-order valence-corrected chi connectivity index (χ1v) is 8.11. The van der Waals surface area contributed by atoms with Gasteiger partial charge in [0, 0.05) is 32.2 Å². The lowest BCUT2D eigenvalue weighted by Crippen LogP contribution is -2.45. The van der Waals surface area contributed by atoms with Crippen LogP contribution in [0.3, 0.4) is 0 Å². The van der Waals surface area contributed by atoms with Crippen molar-refractivity contribution in [2.24, 2.45) is 0 Å². The van der Waals surface area contributed by atoms with Crippen molar-refractivity contribution in [1.82, 2.24) is 10.2 Å². The average Bonchev–Trinajstić information content (AvgIpc) is 2.49. The molecule has 7 heteroatoms. The van der Waals surface area contributed by atoms with Gasteiger partial charge >= 0.3 is 0 Å². The third-order valence-corrected chi connectivity index (χ3v) is 4.13. The zero-order valence-corrected chi connectivity index (χ0v) is 16.0. The molecular formula is C16H26Cl3FN2O. The summed E-state index contributed by atoms with van der Waals surface area (Å²) in [5.74, 6) is -0.200. The van der Waals surface area contributed by atoms with Crippen LogP contribution in [-0.2, 0) is 0 Å². The Bertz CT molecular complexity index is 448. The molecule has 2 rings (SSSR count). The summed E-state index contributed by atoms with van der Waals surface area (Å²) in [4.78, 5) is 2.41. The molecule has 1 aliphatic rings. The highest BCUT2D eigenvalue weighted by molar-refractivity contribution is 6.32. The summed E-state index contributed by atoms with van der Waals surface area (Å²) in [7, 11) is 0. The van der Waals surface area contributed by atoms with Crippen molar-refractivity contribution < 1.29 is 9.13 Å². The van der Waals surface area contributed by atoms with Gasteiger partial charge in [-0.25, -0.2) is 4.39 Å². The minimum atomic E-state index is -0.365. The van der Waals surface area contributed by atoms with E-state index in [9.17, 15) is 4.39 Å². The zero-order valence-electron chi connectivity index (χ0n) is 13.6. The largest absolute Gasteiger partial charge is 0.489 e. The second kappa shape index (κ2) is 11.3. The van der Waals surface area contributed by atoms with Crippen LogP contribution in [0.2, 0.25) is 5.02 Å². The van der Waals surface area contributed by atoms with Crippen molar-refractivity contribution in [3.63, 3.8) is 0 Å². The van der Waals surface area contributed by atoms with E-state index in [4.69, 9.17) is 16.3 Å². The molecule has 3 nitrogen and oxygen atoms in total. The summed E-state index contributed by atoms with van der Waals surface area (Å²) in [6.45, 7) is 8.31. The molecule has 0 aliphatic carbocycles. The van der Waals surface area contributed by atoms with E-state index in [1.54, 1.807) is 6.07 Å². The maximum Gasteiger partial charge on any atom is 0.173 e. The Morgan fingerprint density at radius 3 is 2.43 bits per heavy atom. The van der Waals surface area contributed by atoms with E-state index in [2.05, 4.69) is 17.1 Å². The predicted octanol–water partition coefficient (Wildman–Crippen LogP) is 4.47. The van der Waals surface area contributed by atoms with E-state index in [-0.39, 0.29) is 42.4 Å². The molecule has 1 aliphatic heterocycles. The van der Waals surface area contributed by atoms with Gasteiger partial charge in [0.2, 0.25) is 0 Å². The van der Waals surface area contributed by atoms with Crippen LogP contribution < -0.4 is 10.1 Å². The van der Waals surface area contributed by atoms with Crippen molar-refractivity contribution >= 4 is 36.4 Å². The Balaban J connectivity index is 0.00000242. The molecule has 0 aromatic heterocycles. The van der Waals surface area contributed by atoms with Crippen LogP contribution in [0.4, 0.5) is 4.39 Å². The van der Waals surface area contributed by atoms with Gasteiger partial charge in [-0.2, -0.15) is 0 Å². The molecule has 1 aromatic rings. The number of benzene rings is 1. The maximum atomic E-state index is 14.2. The van der Waals surface area contributed by atoms with Gasteiger partial charge in [-0.3, -0.25) is 4.90 Å². The highest BCUT2D eigenvalue weighted by Gasteiger charge is 2.23. The smallest absolute Gasteiger partial charge is 0.173 e. The summed E-state index contributed by atoms with van der Waals surface area (Å²) in [5.41, 5.74) is 0.949. The zero-order chi connectivity index (χ0) is 15.2. The monoisotopic (exact) mass is 386 g/mol. The molecule has 23 heavy (non-hydrogen) atoms. The molecule has 0 bridgehead atoms. The Kier molecular flexibility index (Phi) is 11.2. The predicted molar refractivity (Wildman–Crippen MR) is 99.2 cm³/mol. The Morgan fingerprint density at radius 1 is 1.26 bits per heavy atom. The van der Waals surface area contributed by atoms with Crippen molar-refractivity contribution in [2.45, 2.75) is 32.7 Å². The second-order valence-corrected chi connectivity index (χ2v) is 5.74. The Hall–Kier alpha value is -0.260. The van der Waals surface area contributed by atoms with Gasteiger partial charge in [0.05, 0.1) is 11.6 Å². The summed E-state index contributed by atoms with van der Waals surface area (Å²) in [6, 6.07) is 3.66. The van der Waals surface area contributed by atoms with E-state index >= 15 is 0 Å². The van der Waals surface area contributed by atoms with Crippen molar-refractivity contribution in [3.8, 4) is 5.75 Å². The molecule has 1 atom stereocenters. The third kappa shape index (κ3) is 5.95. The van der Waals surface area contributed by atoms with Crippen LogP contribution in [0, 0.1) is 5.82 Å². The van der Waals surface area contributed by atoms with Crippen LogP contribution in [-0.4, -0.2) is 37.7 Å². The number of halogens is 4. The molecule has 0 spiro atoms. The van der Waals surface area contributed by atoms with Gasteiger partial charge in [-0.15, -0.1) is 24.8 Å². The van der Waals surface area contributed by atoms with E-state index < -0.39 is 0 Å². The van der Waals surface area contributed by atoms with Crippen molar-refractivity contribution in [3.05, 3.63) is 28.5 Å². The van der Waals surface area contributed by atoms with E-state index in [1.807, 2.05) is 13.0 Å². The number of nitrogens with one attached hydrogen (secondary N) is 1. The fourth-order valence-corrected chi connectivity index (χ4v) is 3.15. The lowest BCUT2D eigenvalue weighted by molar-refractivity contribution is 0.164. The molecule has 1 heterocycles. The van der Waals surface area contributed by atoms with E-state index in [1.165, 1.54) is 0 Å². The van der Waals surface area contributed by atoms with Gasteiger partial charge in [-0.1, -0.05) is 24.9 Å². The van der Waals surface area contributed by atoms with E-state index in [0.717, 1.165) is 44.6 Å². The highest BCUT2D eigenvalue weighted by Crippen LogP contribution is 2.34. The lowest BCUT2D eigenvalue weighted by atomic mass is 9.99. The first-order valence-electron chi connectivity index (χ1n) is 7.73. The molecule has 0 unspecified atom stereocenters. The summed E-state index contributed by atoms with van der Waals surface area (Å²) >= 11 is 6.20. The van der Waals surface area contributed by atoms with Crippen LogP contribution >= 0.6 is 36.4 Å². The number of piperazine rings is 1. The number of rotatable bonds is 6. The van der Waals surface area contributed by atoms with Gasteiger partial charge in [0.25, 0.3) is 0 Å². The number of ether oxygens (including phenoxy) is 1. The van der Waals surface area contributed by atoms with Crippen molar-refractivity contribution in [2.75, 3.05) is 32.8 Å². The highest BCUT2D eigenvalue weighted by atomic mass is 35.5. The first-order chi connectivity index (χ1) is 10.2. The van der Waals surface area contributed by atoms with Gasteiger partial charge < -0.3 is 10.1 Å². The average molecular weight is 388 g/mol. The van der Waals surface area contributed by atoms with Gasteiger partial charge in [0.15, 0.2) is 11.6 Å². The van der Waals surface area contributed by atoms with E-state index in [0.29, 0.717) is 11.6 Å². The maximum absolute atomic E-state index is 14.2. The van der Waals surface area contributed by atoms with Crippen LogP contribution in [0.1, 0.15) is 38.3 Å². The fourth-order valence-electron chi connectivity index (χ4n) is 2.88. The molecular weight excluding hydrogens is 362 g/mol. The first kappa shape index (κ1) is 22.7. The Labute approximate surface area is 155 Å². The van der Waals surface area contributed by atoms with Gasteiger partial charge in [-0.05, 0) is 31.0 Å². The molecule has 0 saturated carbocycles. The fraction of sp³-hybridized carbons (Fsp3) is 0.625. The number of nitrogens with zero attached hydrogens (tertiary/aromatic N) is 1. The molecule has 1 N–H and O–H groups in total. The van der Waals surface area contributed by atoms with Crippen LogP contribution in [0.15, 0.2) is 12.1 Å². The summed E-state index contributed by atoms with van der Waals surface area (Å²) in [6.07, 6.45) is 2.06. The molecule has 0 amide bonds. The molecule has 1 fully saturated rings. The SMILES string of the molecule is CCC[C@H](c1cc(F)c(OCC)c(Cl)c1)N1CCNCC1.Cl.Cl. The summed E-state index contributed by atoms with van der Waals surface area (Å²) < 4.78 is 19.5. The summed E-state index contributed by atoms with van der Waals surface area (Å²) in [5, 5.41) is 3.71. The standard InChI is InChI=1S/C16H24ClFN2O.2ClH/c1-3-5-15(20-8-6-19-7-9-20)12-10-13(17)16(21-4-2)14(18)11-12;;/h10-11,15,19H,3-9H2,1-2H3;2*1H/t15-;;/m1../s1. The minimum absolute atomic E-state index is 0. The van der Waals surface area contributed by atoms with Gasteiger partial charge in [0.1, 0.15) is 0 Å². The Morgan fingerprint density at radius 2 is 1.91 bits per heavy atom. The van der Waals surface area contributed by atoms with Crippen LogP contribution in [0.25, 0.3) is 0 Å². The van der Waals surface area contributed by atoms with Crippen molar-refractivity contribution in [1.29, 1.82) is 0 Å². The second-order valence-electron chi connectivity index (χ2n) is 5.34. The molecule has 134 valence electrons. The molecule has 0 radical (unpaired) electrons. The number of hydrogen-bond acceptors (Lipinski definition) is 3. The normalized spacial score (nSPS) is 16.2. The quantitative estimate of drug-likeness (QED) is 0.779. The lowest BCUT2D eigenvalue weighted by Gasteiger charge is -2.35. The third-order valence-electron chi connectivity index (χ3n) is 3.85. The van der Waals surface area contributed by atoms with Crippen LogP contribution in [0.5, 0.6) is 5.75 Å². The topological polar surface area (TPSA) is 24.5 Å². The molecule has 1 saturated heterocycles. The molecule has 1 aromatic carbocycles.